The van der Waals surface area contributed by atoms with Crippen molar-refractivity contribution in [3.63, 3.8) is 0 Å². The van der Waals surface area contributed by atoms with Gasteiger partial charge in [0.15, 0.2) is 0 Å². The van der Waals surface area contributed by atoms with Crippen LogP contribution in [-0.2, 0) is 17.9 Å². The van der Waals surface area contributed by atoms with Crippen molar-refractivity contribution >= 4 is 5.91 Å². The third kappa shape index (κ3) is 5.48. The summed E-state index contributed by atoms with van der Waals surface area (Å²) in [7, 11) is 0. The molecule has 0 saturated heterocycles. The Hall–Kier alpha value is -2.03. The topological polar surface area (TPSA) is 25.2 Å². The molecule has 1 atom stereocenters. The predicted octanol–water partition coefficient (Wildman–Crippen LogP) is 5.49. The van der Waals surface area contributed by atoms with Gasteiger partial charge in [-0.05, 0) is 44.4 Å². The molecule has 1 amide bonds. The Morgan fingerprint density at radius 2 is 1.81 bits per heavy atom. The van der Waals surface area contributed by atoms with E-state index in [1.54, 1.807) is 0 Å². The number of carbonyl (C=O) groups excluding carboxylic acids is 1. The number of unbranched alkanes of at least 4 members (excludes halogenated alkanes) is 1. The fourth-order valence-corrected chi connectivity index (χ4v) is 3.40. The van der Waals surface area contributed by atoms with Crippen LogP contribution in [0.15, 0.2) is 48.7 Å². The minimum atomic E-state index is 0.148. The van der Waals surface area contributed by atoms with Gasteiger partial charge < -0.3 is 9.47 Å². The number of hydrogen-bond acceptors (Lipinski definition) is 1. The molecule has 0 radical (unpaired) electrons. The van der Waals surface area contributed by atoms with Crippen molar-refractivity contribution in [3.8, 4) is 0 Å². The molecule has 0 unspecified atom stereocenters. The minimum absolute atomic E-state index is 0.148. The minimum Gasteiger partial charge on any atom is -0.345 e. The number of carbonyl (C=O) groups is 1. The fraction of sp³-hybridized carbons (Fsp3) is 0.522. The zero-order valence-electron chi connectivity index (χ0n) is 16.8. The molecule has 3 nitrogen and oxygen atoms in total. The van der Waals surface area contributed by atoms with Gasteiger partial charge >= 0.3 is 0 Å². The van der Waals surface area contributed by atoms with Gasteiger partial charge in [0, 0.05) is 30.4 Å². The molecule has 0 aliphatic rings. The Kier molecular flexibility index (Phi) is 7.96. The lowest BCUT2D eigenvalue weighted by Crippen LogP contribution is -2.40. The fourth-order valence-electron chi connectivity index (χ4n) is 3.40. The lowest BCUT2D eigenvalue weighted by atomic mass is 9.97. The second-order valence-corrected chi connectivity index (χ2v) is 7.42. The van der Waals surface area contributed by atoms with Crippen LogP contribution >= 0.6 is 0 Å². The molecule has 0 N–H and O–H groups in total. The molecule has 26 heavy (non-hydrogen) atoms. The molecule has 142 valence electrons. The number of hydrogen-bond donors (Lipinski definition) is 0. The number of benzene rings is 1. The molecule has 0 spiro atoms. The van der Waals surface area contributed by atoms with Crippen molar-refractivity contribution in [2.24, 2.45) is 5.92 Å². The quantitative estimate of drug-likeness (QED) is 0.554. The van der Waals surface area contributed by atoms with E-state index in [9.17, 15) is 4.79 Å². The van der Waals surface area contributed by atoms with Crippen LogP contribution in [0.3, 0.4) is 0 Å². The zero-order valence-corrected chi connectivity index (χ0v) is 16.8. The van der Waals surface area contributed by atoms with Crippen molar-refractivity contribution in [2.45, 2.75) is 72.5 Å². The van der Waals surface area contributed by atoms with Crippen LogP contribution < -0.4 is 0 Å². The second kappa shape index (κ2) is 10.2. The zero-order chi connectivity index (χ0) is 18.9. The van der Waals surface area contributed by atoms with Crippen LogP contribution in [-0.4, -0.2) is 21.4 Å². The van der Waals surface area contributed by atoms with E-state index in [4.69, 9.17) is 0 Å². The Morgan fingerprint density at radius 1 is 1.08 bits per heavy atom. The van der Waals surface area contributed by atoms with Gasteiger partial charge in [-0.2, -0.15) is 0 Å². The summed E-state index contributed by atoms with van der Waals surface area (Å²) in [4.78, 5) is 15.2. The monoisotopic (exact) mass is 354 g/mol. The summed E-state index contributed by atoms with van der Waals surface area (Å²) in [6, 6.07) is 14.9. The number of amides is 1. The largest absolute Gasteiger partial charge is 0.345 e. The van der Waals surface area contributed by atoms with E-state index >= 15 is 0 Å². The molecule has 0 saturated carbocycles. The van der Waals surface area contributed by atoms with Crippen LogP contribution in [0, 0.1) is 5.92 Å². The third-order valence-electron chi connectivity index (χ3n) is 5.11. The first-order valence-corrected chi connectivity index (χ1v) is 10.0. The molecule has 2 rings (SSSR count). The van der Waals surface area contributed by atoms with Crippen LogP contribution in [0.4, 0.5) is 0 Å². The highest BCUT2D eigenvalue weighted by Crippen LogP contribution is 2.20. The maximum absolute atomic E-state index is 13.1. The van der Waals surface area contributed by atoms with Crippen LogP contribution in [0.25, 0.3) is 0 Å². The summed E-state index contributed by atoms with van der Waals surface area (Å²) >= 11 is 0. The average Bonchev–Trinajstić information content (AvgIpc) is 3.07. The third-order valence-corrected chi connectivity index (χ3v) is 5.11. The Morgan fingerprint density at radius 3 is 2.42 bits per heavy atom. The van der Waals surface area contributed by atoms with Gasteiger partial charge in [-0.3, -0.25) is 4.79 Å². The van der Waals surface area contributed by atoms with Crippen LogP contribution in [0.1, 0.15) is 64.6 Å². The molecule has 1 aromatic heterocycles. The molecule has 0 aliphatic carbocycles. The molecule has 0 fully saturated rings. The summed E-state index contributed by atoms with van der Waals surface area (Å²) < 4.78 is 2.25. The van der Waals surface area contributed by atoms with Crippen LogP contribution in [0.2, 0.25) is 0 Å². The van der Waals surface area contributed by atoms with Gasteiger partial charge in [-0.25, -0.2) is 0 Å². The van der Waals surface area contributed by atoms with Crippen LogP contribution in [0.5, 0.6) is 0 Å². The van der Waals surface area contributed by atoms with Gasteiger partial charge in [-0.15, -0.1) is 0 Å². The summed E-state index contributed by atoms with van der Waals surface area (Å²) in [6.45, 7) is 10.1. The molecule has 0 bridgehead atoms. The molecular weight excluding hydrogens is 320 g/mol. The van der Waals surface area contributed by atoms with Gasteiger partial charge in [0.1, 0.15) is 0 Å². The van der Waals surface area contributed by atoms with Crippen molar-refractivity contribution in [1.82, 2.24) is 9.47 Å². The molecule has 1 aromatic carbocycles. The van der Waals surface area contributed by atoms with Gasteiger partial charge in [0.2, 0.25) is 5.91 Å². The van der Waals surface area contributed by atoms with E-state index in [1.165, 1.54) is 11.3 Å². The Balaban J connectivity index is 2.13. The standard InChI is InChI=1S/C23H34N2O/c1-5-7-14-21(6-2)23(26)25(19(3)4)18-22-15-11-16-24(22)17-20-12-9-8-10-13-20/h8-13,15-16,19,21H,5-7,14,17-18H2,1-4H3/t21-/m1/s1. The molecule has 3 heteroatoms. The summed E-state index contributed by atoms with van der Waals surface area (Å²) in [5.41, 5.74) is 2.48. The van der Waals surface area contributed by atoms with Gasteiger partial charge in [-0.1, -0.05) is 57.0 Å². The first-order valence-electron chi connectivity index (χ1n) is 10.0. The lowest BCUT2D eigenvalue weighted by molar-refractivity contribution is -0.138. The molecule has 1 heterocycles. The van der Waals surface area contributed by atoms with Crippen molar-refractivity contribution in [2.75, 3.05) is 0 Å². The van der Waals surface area contributed by atoms with E-state index in [2.05, 4.69) is 79.8 Å². The maximum atomic E-state index is 13.1. The first kappa shape index (κ1) is 20.3. The van der Waals surface area contributed by atoms with Crippen molar-refractivity contribution in [1.29, 1.82) is 0 Å². The van der Waals surface area contributed by atoms with E-state index in [-0.39, 0.29) is 12.0 Å². The normalized spacial score (nSPS) is 12.3. The lowest BCUT2D eigenvalue weighted by Gasteiger charge is -2.31. The number of aromatic nitrogens is 1. The summed E-state index contributed by atoms with van der Waals surface area (Å²) in [5, 5.41) is 0. The highest BCUT2D eigenvalue weighted by Gasteiger charge is 2.25. The highest BCUT2D eigenvalue weighted by atomic mass is 16.2. The van der Waals surface area contributed by atoms with E-state index < -0.39 is 0 Å². The number of rotatable bonds is 10. The highest BCUT2D eigenvalue weighted by molar-refractivity contribution is 5.79. The Labute approximate surface area is 159 Å². The molecular formula is C23H34N2O. The van der Waals surface area contributed by atoms with E-state index in [0.717, 1.165) is 32.2 Å². The molecule has 0 aliphatic heterocycles. The summed E-state index contributed by atoms with van der Waals surface area (Å²) in [5.74, 6) is 0.457. The maximum Gasteiger partial charge on any atom is 0.226 e. The van der Waals surface area contributed by atoms with Gasteiger partial charge in [0.05, 0.1) is 6.54 Å². The average molecular weight is 355 g/mol. The van der Waals surface area contributed by atoms with E-state index in [1.807, 2.05) is 6.07 Å². The van der Waals surface area contributed by atoms with Crippen molar-refractivity contribution < 1.29 is 4.79 Å². The first-order chi connectivity index (χ1) is 12.6. The van der Waals surface area contributed by atoms with Gasteiger partial charge in [0.25, 0.3) is 0 Å². The Bertz CT molecular complexity index is 660. The summed E-state index contributed by atoms with van der Waals surface area (Å²) in [6.07, 6.45) is 6.30. The smallest absolute Gasteiger partial charge is 0.226 e. The SMILES string of the molecule is CCCC[C@@H](CC)C(=O)N(Cc1cccn1Cc1ccccc1)C(C)C. The second-order valence-electron chi connectivity index (χ2n) is 7.42. The van der Waals surface area contributed by atoms with E-state index in [0.29, 0.717) is 12.5 Å². The predicted molar refractivity (Wildman–Crippen MR) is 109 cm³/mol. The number of nitrogens with zero attached hydrogens (tertiary/aromatic N) is 2. The van der Waals surface area contributed by atoms with Crippen molar-refractivity contribution in [3.05, 3.63) is 59.9 Å². The molecule has 2 aromatic rings.